The van der Waals surface area contributed by atoms with Crippen molar-refractivity contribution in [2.45, 2.75) is 12.4 Å². The van der Waals surface area contributed by atoms with Crippen molar-refractivity contribution in [3.63, 3.8) is 0 Å². The number of hydrogen-bond acceptors (Lipinski definition) is 3. The van der Waals surface area contributed by atoms with Crippen LogP contribution in [0.1, 0.15) is 27.8 Å². The van der Waals surface area contributed by atoms with E-state index in [-0.39, 0.29) is 17.2 Å². The molecule has 0 bridgehead atoms. The molecule has 64 heavy (non-hydrogen) atoms. The number of fused-ring (bicyclic) bond motifs is 6. The number of nitriles is 3. The van der Waals surface area contributed by atoms with E-state index in [1.54, 1.807) is 24.3 Å². The summed E-state index contributed by atoms with van der Waals surface area (Å²) in [7, 11) is 0. The molecule has 0 aliphatic carbocycles. The molecule has 0 radical (unpaired) electrons. The maximum absolute atomic E-state index is 15.0. The van der Waals surface area contributed by atoms with Gasteiger partial charge in [0.05, 0.1) is 79.5 Å². The van der Waals surface area contributed by atoms with Gasteiger partial charge in [-0.25, -0.2) is 0 Å². The minimum atomic E-state index is -5.24. The number of halogens is 6. The molecule has 5 nitrogen and oxygen atoms in total. The molecule has 0 N–H and O–H groups in total. The van der Waals surface area contributed by atoms with Crippen molar-refractivity contribution >= 4 is 43.6 Å². The van der Waals surface area contributed by atoms with Crippen molar-refractivity contribution < 1.29 is 26.3 Å². The molecule has 2 heterocycles. The Hall–Kier alpha value is -8.59. The van der Waals surface area contributed by atoms with Crippen LogP contribution in [0.25, 0.3) is 88.4 Å². The Balaban J connectivity index is 1.38. The molecule has 0 atom stereocenters. The van der Waals surface area contributed by atoms with E-state index in [1.165, 1.54) is 12.1 Å². The number of benzene rings is 8. The summed E-state index contributed by atoms with van der Waals surface area (Å²) in [5, 5.41) is 34.2. The molecule has 0 amide bonds. The zero-order valence-electron chi connectivity index (χ0n) is 33.1. The molecule has 0 spiro atoms. The summed E-state index contributed by atoms with van der Waals surface area (Å²) in [6.45, 7) is 0. The van der Waals surface area contributed by atoms with Crippen LogP contribution >= 0.6 is 0 Å². The highest BCUT2D eigenvalue weighted by atomic mass is 19.4. The van der Waals surface area contributed by atoms with Crippen LogP contribution in [-0.2, 0) is 12.4 Å². The van der Waals surface area contributed by atoms with Gasteiger partial charge in [-0.3, -0.25) is 0 Å². The third kappa shape index (κ3) is 6.32. The second kappa shape index (κ2) is 14.8. The highest BCUT2D eigenvalue weighted by Crippen LogP contribution is 2.46. The number of rotatable bonds is 5. The molecule has 10 aromatic rings. The lowest BCUT2D eigenvalue weighted by atomic mass is 9.92. The number of para-hydroxylation sites is 2. The number of alkyl halides is 6. The van der Waals surface area contributed by atoms with Crippen LogP contribution in [0.5, 0.6) is 0 Å². The van der Waals surface area contributed by atoms with E-state index in [2.05, 4.69) is 18.2 Å². The van der Waals surface area contributed by atoms with Crippen LogP contribution in [0.3, 0.4) is 0 Å². The smallest absolute Gasteiger partial charge is 0.307 e. The van der Waals surface area contributed by atoms with Gasteiger partial charge in [-0.1, -0.05) is 103 Å². The van der Waals surface area contributed by atoms with Crippen molar-refractivity contribution in [1.29, 1.82) is 15.8 Å². The van der Waals surface area contributed by atoms with Crippen molar-refractivity contribution in [3.8, 4) is 63.0 Å². The van der Waals surface area contributed by atoms with Crippen LogP contribution < -0.4 is 0 Å². The Labute approximate surface area is 360 Å². The van der Waals surface area contributed by atoms with Crippen LogP contribution in [0.2, 0.25) is 0 Å². The first kappa shape index (κ1) is 39.5. The van der Waals surface area contributed by atoms with Gasteiger partial charge in [-0.2, -0.15) is 42.1 Å². The van der Waals surface area contributed by atoms with Gasteiger partial charge in [-0.05, 0) is 88.5 Å². The third-order valence-corrected chi connectivity index (χ3v) is 11.7. The molecule has 0 saturated carbocycles. The molecule has 11 heteroatoms. The Bertz CT molecular complexity index is 3700. The molecule has 8 aromatic carbocycles. The molecule has 2 aromatic heterocycles. The zero-order chi connectivity index (χ0) is 44.5. The van der Waals surface area contributed by atoms with Crippen molar-refractivity contribution in [2.75, 3.05) is 0 Å². The number of aromatic nitrogens is 2. The summed E-state index contributed by atoms with van der Waals surface area (Å²) in [5.41, 5.74) is 2.78. The van der Waals surface area contributed by atoms with Crippen LogP contribution in [0.15, 0.2) is 164 Å². The Morgan fingerprint density at radius 3 is 1.30 bits per heavy atom. The number of nitrogens with zero attached hydrogens (tertiary/aromatic N) is 5. The monoisotopic (exact) mass is 847 g/mol. The number of hydrogen-bond donors (Lipinski definition) is 0. The zero-order valence-corrected chi connectivity index (χ0v) is 33.1. The maximum atomic E-state index is 15.0. The van der Waals surface area contributed by atoms with Crippen LogP contribution in [-0.4, -0.2) is 9.13 Å². The maximum Gasteiger partial charge on any atom is 0.417 e. The molecular formula is C53H27F6N5. The average molecular weight is 848 g/mol. The lowest BCUT2D eigenvalue weighted by Crippen LogP contribution is -2.13. The molecule has 0 aliphatic heterocycles. The van der Waals surface area contributed by atoms with E-state index in [1.807, 2.05) is 118 Å². The fourth-order valence-electron chi connectivity index (χ4n) is 8.90. The molecular weight excluding hydrogens is 821 g/mol. The molecule has 306 valence electrons. The SMILES string of the molecule is N#Cc1ccccc1-c1ccc2c3ccccc3n(-c3cc(C#N)c(-c4ccc(C(F)(F)F)cc4C(F)(F)F)cc3-n3c4ccccc4c4ccc(-c5ccccc5C#N)cc43)c2c1. The first-order valence-corrected chi connectivity index (χ1v) is 19.8. The topological polar surface area (TPSA) is 81.2 Å². The van der Waals surface area contributed by atoms with Gasteiger partial charge < -0.3 is 9.13 Å². The van der Waals surface area contributed by atoms with Gasteiger partial charge in [-0.15, -0.1) is 0 Å². The van der Waals surface area contributed by atoms with Gasteiger partial charge in [0.2, 0.25) is 0 Å². The highest BCUT2D eigenvalue weighted by molar-refractivity contribution is 6.13. The predicted molar refractivity (Wildman–Crippen MR) is 236 cm³/mol. The van der Waals surface area contributed by atoms with Gasteiger partial charge in [0.1, 0.15) is 0 Å². The highest BCUT2D eigenvalue weighted by Gasteiger charge is 2.39. The first-order valence-electron chi connectivity index (χ1n) is 19.8. The van der Waals surface area contributed by atoms with E-state index < -0.39 is 29.0 Å². The molecule has 0 unspecified atom stereocenters. The van der Waals surface area contributed by atoms with E-state index in [9.17, 15) is 42.1 Å². The minimum absolute atomic E-state index is 0.0804. The van der Waals surface area contributed by atoms with Crippen LogP contribution in [0.4, 0.5) is 26.3 Å². The Morgan fingerprint density at radius 2 is 0.812 bits per heavy atom. The minimum Gasteiger partial charge on any atom is -0.307 e. The molecule has 10 rings (SSSR count). The quantitative estimate of drug-likeness (QED) is 0.162. The Kier molecular flexibility index (Phi) is 9.14. The van der Waals surface area contributed by atoms with Crippen LogP contribution in [0, 0.1) is 34.0 Å². The van der Waals surface area contributed by atoms with Gasteiger partial charge in [0.15, 0.2) is 0 Å². The summed E-state index contributed by atoms with van der Waals surface area (Å²) in [6, 6.07) is 51.7. The fourth-order valence-corrected chi connectivity index (χ4v) is 8.90. The van der Waals surface area contributed by atoms with E-state index in [4.69, 9.17) is 0 Å². The second-order valence-electron chi connectivity index (χ2n) is 15.2. The Morgan fingerprint density at radius 1 is 0.359 bits per heavy atom. The molecule has 0 aliphatic rings. The van der Waals surface area contributed by atoms with Gasteiger partial charge in [0.25, 0.3) is 0 Å². The third-order valence-electron chi connectivity index (χ3n) is 11.7. The molecule has 0 fully saturated rings. The van der Waals surface area contributed by atoms with E-state index in [0.717, 1.165) is 27.6 Å². The van der Waals surface area contributed by atoms with Crippen molar-refractivity contribution in [1.82, 2.24) is 9.13 Å². The normalized spacial score (nSPS) is 11.9. The average Bonchev–Trinajstić information content (AvgIpc) is 3.82. The van der Waals surface area contributed by atoms with Crippen molar-refractivity contribution in [2.24, 2.45) is 0 Å². The predicted octanol–water partition coefficient (Wildman–Crippen LogP) is 14.5. The lowest BCUT2D eigenvalue weighted by molar-refractivity contribution is -0.142. The van der Waals surface area contributed by atoms with Gasteiger partial charge in [0, 0.05) is 27.1 Å². The van der Waals surface area contributed by atoms with Gasteiger partial charge >= 0.3 is 12.4 Å². The standard InChI is InChI=1S/C53H27F6N5/c54-52(55,56)36-19-22-39(45(26-36)53(57,58)59)44-27-51(64-47-16-8-6-14-41(47)43-21-18-32(24-49(43)64)38-12-4-2-10-34(38)29-61)50(25-35(44)30-62)63-46-15-7-5-13-40(46)42-20-17-31(23-48(42)63)37-11-3-1-9-33(37)28-60/h1-27H. The van der Waals surface area contributed by atoms with E-state index in [0.29, 0.717) is 72.9 Å². The summed E-state index contributed by atoms with van der Waals surface area (Å²) in [5.74, 6) is 0. The second-order valence-corrected chi connectivity index (χ2v) is 15.2. The fraction of sp³-hybridized carbons (Fsp3) is 0.0377. The summed E-state index contributed by atoms with van der Waals surface area (Å²) >= 11 is 0. The largest absolute Gasteiger partial charge is 0.417 e. The van der Waals surface area contributed by atoms with Crippen molar-refractivity contribution in [3.05, 3.63) is 192 Å². The summed E-state index contributed by atoms with van der Waals surface area (Å²) in [6.07, 6.45) is -10.3. The lowest BCUT2D eigenvalue weighted by Gasteiger charge is -2.21. The first-order chi connectivity index (χ1) is 30.9. The summed E-state index contributed by atoms with van der Waals surface area (Å²) < 4.78 is 90.7. The summed E-state index contributed by atoms with van der Waals surface area (Å²) in [4.78, 5) is 0. The molecule has 0 saturated heterocycles. The van der Waals surface area contributed by atoms with E-state index >= 15 is 0 Å².